The molecule has 0 unspecified atom stereocenters. The van der Waals surface area contributed by atoms with Crippen LogP contribution in [0.3, 0.4) is 0 Å². The lowest BCUT2D eigenvalue weighted by atomic mass is 10.4. The Morgan fingerprint density at radius 1 is 1.19 bits per heavy atom. The Labute approximate surface area is 83.4 Å². The summed E-state index contributed by atoms with van der Waals surface area (Å²) < 4.78 is 86.5. The van der Waals surface area contributed by atoms with Crippen LogP contribution in [-0.4, -0.2) is 16.4 Å². The number of halogens is 7. The summed E-state index contributed by atoms with van der Waals surface area (Å²) in [6.07, 6.45) is -5.13. The molecule has 92 valence electrons. The van der Waals surface area contributed by atoms with Gasteiger partial charge in [-0.05, 0) is 0 Å². The minimum atomic E-state index is -5.13. The van der Waals surface area contributed by atoms with E-state index in [4.69, 9.17) is 0 Å². The summed E-state index contributed by atoms with van der Waals surface area (Å²) in [5.74, 6) is -1.22. The van der Waals surface area contributed by atoms with E-state index in [9.17, 15) is 30.7 Å². The SMILES string of the molecule is FC(F)Oc1cc(C(F)(F)F)n(C(F)F)n1. The minimum Gasteiger partial charge on any atom is -0.415 e. The molecule has 0 spiro atoms. The Kier molecular flexibility index (Phi) is 3.29. The Bertz CT molecular complexity index is 358. The molecule has 0 aliphatic heterocycles. The van der Waals surface area contributed by atoms with Crippen molar-refractivity contribution in [1.82, 2.24) is 9.78 Å². The van der Waals surface area contributed by atoms with Gasteiger partial charge in [0.15, 0.2) is 5.69 Å². The van der Waals surface area contributed by atoms with Crippen molar-refractivity contribution in [3.05, 3.63) is 11.8 Å². The van der Waals surface area contributed by atoms with Crippen LogP contribution in [0.1, 0.15) is 12.2 Å². The summed E-state index contributed by atoms with van der Waals surface area (Å²) in [4.78, 5) is 0. The number of ether oxygens (including phenoxy) is 1. The predicted molar refractivity (Wildman–Crippen MR) is 35.1 cm³/mol. The molecule has 0 N–H and O–H groups in total. The second-order valence-electron chi connectivity index (χ2n) is 2.47. The van der Waals surface area contributed by atoms with Crippen LogP contribution in [0.5, 0.6) is 5.88 Å². The lowest BCUT2D eigenvalue weighted by molar-refractivity contribution is -0.149. The molecule has 0 atom stereocenters. The Morgan fingerprint density at radius 2 is 1.75 bits per heavy atom. The molecule has 0 aromatic carbocycles. The highest BCUT2D eigenvalue weighted by atomic mass is 19.4. The van der Waals surface area contributed by atoms with Crippen LogP contribution in [-0.2, 0) is 6.18 Å². The molecule has 10 heteroatoms. The molecule has 3 nitrogen and oxygen atoms in total. The first-order valence-corrected chi connectivity index (χ1v) is 3.61. The van der Waals surface area contributed by atoms with Gasteiger partial charge in [0.2, 0.25) is 5.88 Å². The summed E-state index contributed by atoms with van der Waals surface area (Å²) in [7, 11) is 0. The largest absolute Gasteiger partial charge is 0.433 e. The maximum absolute atomic E-state index is 12.1. The maximum Gasteiger partial charge on any atom is 0.433 e. The zero-order valence-electron chi connectivity index (χ0n) is 7.18. The standard InChI is InChI=1S/C6H3F7N2O/c7-4(8)15-2(6(11,12)13)1-3(14-15)16-5(9)10/h1,4-5H. The molecule has 1 aromatic rings. The Morgan fingerprint density at radius 3 is 2.06 bits per heavy atom. The summed E-state index contributed by atoms with van der Waals surface area (Å²) >= 11 is 0. The highest BCUT2D eigenvalue weighted by Crippen LogP contribution is 2.34. The van der Waals surface area contributed by atoms with Crippen LogP contribution < -0.4 is 4.74 Å². The van der Waals surface area contributed by atoms with Crippen LogP contribution in [0, 0.1) is 0 Å². The third kappa shape index (κ3) is 2.76. The molecule has 1 rings (SSSR count). The molecule has 0 amide bonds. The van der Waals surface area contributed by atoms with Crippen molar-refractivity contribution in [3.8, 4) is 5.88 Å². The Hall–Kier alpha value is -1.48. The van der Waals surface area contributed by atoms with E-state index in [-0.39, 0.29) is 6.07 Å². The summed E-state index contributed by atoms with van der Waals surface area (Å²) in [5, 5.41) is 2.56. The topological polar surface area (TPSA) is 27.1 Å². The van der Waals surface area contributed by atoms with Gasteiger partial charge in [0, 0.05) is 6.07 Å². The molecule has 0 saturated heterocycles. The summed E-state index contributed by atoms with van der Waals surface area (Å²) in [6, 6.07) is -0.0294. The van der Waals surface area contributed by atoms with Gasteiger partial charge in [-0.25, -0.2) is 0 Å². The molecule has 0 bridgehead atoms. The fourth-order valence-corrected chi connectivity index (χ4v) is 0.881. The second-order valence-corrected chi connectivity index (χ2v) is 2.47. The van der Waals surface area contributed by atoms with Crippen molar-refractivity contribution in [3.63, 3.8) is 0 Å². The monoisotopic (exact) mass is 252 g/mol. The molecule has 0 aliphatic rings. The van der Waals surface area contributed by atoms with Gasteiger partial charge < -0.3 is 4.74 Å². The highest BCUT2D eigenvalue weighted by molar-refractivity contribution is 5.18. The predicted octanol–water partition coefficient (Wildman–Crippen LogP) is 2.90. The molecule has 1 heterocycles. The number of alkyl halides is 7. The molecular formula is C6H3F7N2O. The average molecular weight is 252 g/mol. The van der Waals surface area contributed by atoms with Crippen LogP contribution in [0.15, 0.2) is 6.07 Å². The van der Waals surface area contributed by atoms with Gasteiger partial charge in [-0.15, -0.1) is 5.10 Å². The van der Waals surface area contributed by atoms with E-state index >= 15 is 0 Å². The van der Waals surface area contributed by atoms with Crippen molar-refractivity contribution in [2.45, 2.75) is 19.3 Å². The van der Waals surface area contributed by atoms with Crippen molar-refractivity contribution in [2.24, 2.45) is 0 Å². The van der Waals surface area contributed by atoms with E-state index in [0.29, 0.717) is 0 Å². The molecule has 0 radical (unpaired) electrons. The van der Waals surface area contributed by atoms with Crippen molar-refractivity contribution < 1.29 is 35.5 Å². The third-order valence-corrected chi connectivity index (χ3v) is 1.40. The van der Waals surface area contributed by atoms with Crippen LogP contribution >= 0.6 is 0 Å². The zero-order chi connectivity index (χ0) is 12.5. The van der Waals surface area contributed by atoms with Gasteiger partial charge in [-0.1, -0.05) is 0 Å². The van der Waals surface area contributed by atoms with Gasteiger partial charge in [0.25, 0.3) is 0 Å². The fraction of sp³-hybridized carbons (Fsp3) is 0.500. The normalized spacial score (nSPS) is 12.6. The van der Waals surface area contributed by atoms with E-state index in [2.05, 4.69) is 9.84 Å². The molecule has 0 saturated carbocycles. The number of aromatic nitrogens is 2. The summed E-state index contributed by atoms with van der Waals surface area (Å²) in [5.41, 5.74) is -1.86. The van der Waals surface area contributed by atoms with Crippen LogP contribution in [0.4, 0.5) is 30.7 Å². The van der Waals surface area contributed by atoms with Crippen LogP contribution in [0.2, 0.25) is 0 Å². The lowest BCUT2D eigenvalue weighted by Gasteiger charge is -2.07. The van der Waals surface area contributed by atoms with Gasteiger partial charge >= 0.3 is 19.3 Å². The van der Waals surface area contributed by atoms with E-state index in [1.807, 2.05) is 0 Å². The quantitative estimate of drug-likeness (QED) is 0.773. The lowest BCUT2D eigenvalue weighted by Crippen LogP contribution is -2.15. The van der Waals surface area contributed by atoms with Gasteiger partial charge in [-0.2, -0.15) is 35.4 Å². The molecule has 0 fully saturated rings. The van der Waals surface area contributed by atoms with E-state index in [0.717, 1.165) is 0 Å². The van der Waals surface area contributed by atoms with Crippen molar-refractivity contribution in [2.75, 3.05) is 0 Å². The number of hydrogen-bond acceptors (Lipinski definition) is 2. The highest BCUT2D eigenvalue weighted by Gasteiger charge is 2.38. The molecular weight excluding hydrogens is 249 g/mol. The molecule has 0 aliphatic carbocycles. The first kappa shape index (κ1) is 12.6. The van der Waals surface area contributed by atoms with Gasteiger partial charge in [0.05, 0.1) is 0 Å². The molecule has 16 heavy (non-hydrogen) atoms. The Balaban J connectivity index is 3.11. The third-order valence-electron chi connectivity index (χ3n) is 1.40. The van der Waals surface area contributed by atoms with Crippen molar-refractivity contribution >= 4 is 0 Å². The average Bonchev–Trinajstić information content (AvgIpc) is 2.45. The summed E-state index contributed by atoms with van der Waals surface area (Å²) in [6.45, 7) is -7.05. The number of hydrogen-bond donors (Lipinski definition) is 0. The smallest absolute Gasteiger partial charge is 0.415 e. The van der Waals surface area contributed by atoms with Gasteiger partial charge in [-0.3, -0.25) is 0 Å². The van der Waals surface area contributed by atoms with Crippen molar-refractivity contribution in [1.29, 1.82) is 0 Å². The van der Waals surface area contributed by atoms with Gasteiger partial charge in [0.1, 0.15) is 0 Å². The fourth-order valence-electron chi connectivity index (χ4n) is 0.881. The zero-order valence-corrected chi connectivity index (χ0v) is 7.18. The van der Waals surface area contributed by atoms with E-state index in [1.165, 1.54) is 0 Å². The first-order chi connectivity index (χ1) is 7.21. The number of rotatable bonds is 3. The molecule has 1 aromatic heterocycles. The minimum absolute atomic E-state index is 0.0294. The second kappa shape index (κ2) is 4.18. The van der Waals surface area contributed by atoms with E-state index < -0.39 is 35.6 Å². The van der Waals surface area contributed by atoms with E-state index in [1.54, 1.807) is 0 Å². The maximum atomic E-state index is 12.1. The first-order valence-electron chi connectivity index (χ1n) is 3.61. The van der Waals surface area contributed by atoms with Crippen LogP contribution in [0.25, 0.3) is 0 Å². The number of nitrogens with zero attached hydrogens (tertiary/aromatic N) is 2.